The lowest BCUT2D eigenvalue weighted by Crippen LogP contribution is -2.35. The zero-order valence-electron chi connectivity index (χ0n) is 10.6. The first-order valence-electron chi connectivity index (χ1n) is 6.58. The molecule has 1 aliphatic heterocycles. The molecule has 4 heteroatoms. The third-order valence-corrected chi connectivity index (χ3v) is 3.85. The van der Waals surface area contributed by atoms with Crippen LogP contribution in [0.4, 0.5) is 5.69 Å². The Labute approximate surface area is 111 Å². The first kappa shape index (κ1) is 12.0. The number of imide groups is 1. The lowest BCUT2D eigenvalue weighted by atomic mass is 9.94. The molecule has 19 heavy (non-hydrogen) atoms. The van der Waals surface area contributed by atoms with Gasteiger partial charge in [0, 0.05) is 12.2 Å². The Hall–Kier alpha value is -2.10. The van der Waals surface area contributed by atoms with Gasteiger partial charge >= 0.3 is 0 Å². The quantitative estimate of drug-likeness (QED) is 0.501. The van der Waals surface area contributed by atoms with Gasteiger partial charge in [-0.1, -0.05) is 18.2 Å². The molecule has 1 aliphatic carbocycles. The molecule has 98 valence electrons. The van der Waals surface area contributed by atoms with Crippen LogP contribution in [0.5, 0.6) is 0 Å². The van der Waals surface area contributed by atoms with Crippen molar-refractivity contribution in [1.82, 2.24) is 4.90 Å². The summed E-state index contributed by atoms with van der Waals surface area (Å²) < 4.78 is 0. The van der Waals surface area contributed by atoms with Gasteiger partial charge in [-0.2, -0.15) is 0 Å². The average molecular weight is 256 g/mol. The number of rotatable bonds is 2. The molecule has 0 saturated carbocycles. The summed E-state index contributed by atoms with van der Waals surface area (Å²) in [5, 5.41) is 0. The van der Waals surface area contributed by atoms with Crippen LogP contribution in [-0.2, 0) is 0 Å². The molecule has 4 nitrogen and oxygen atoms in total. The Balaban J connectivity index is 1.86. The van der Waals surface area contributed by atoms with Gasteiger partial charge in [-0.05, 0) is 37.3 Å². The predicted octanol–water partition coefficient (Wildman–Crippen LogP) is 2.22. The summed E-state index contributed by atoms with van der Waals surface area (Å²) in [6.07, 6.45) is 7.26. The summed E-state index contributed by atoms with van der Waals surface area (Å²) in [5.41, 5.74) is 7.01. The summed E-state index contributed by atoms with van der Waals surface area (Å²) in [6.45, 7) is 0.496. The number of nitrogens with two attached hydrogens (primary N) is 1. The fourth-order valence-electron chi connectivity index (χ4n) is 2.81. The summed E-state index contributed by atoms with van der Waals surface area (Å²) in [4.78, 5) is 25.9. The van der Waals surface area contributed by atoms with E-state index in [1.807, 2.05) is 0 Å². The summed E-state index contributed by atoms with van der Waals surface area (Å²) in [5.74, 6) is -0.0806. The molecule has 1 aromatic rings. The molecule has 0 bridgehead atoms. The summed E-state index contributed by atoms with van der Waals surface area (Å²) >= 11 is 0. The highest BCUT2D eigenvalue weighted by Crippen LogP contribution is 2.29. The number of carbonyl (C=O) groups excluding carboxylic acids is 2. The van der Waals surface area contributed by atoms with Crippen molar-refractivity contribution in [1.29, 1.82) is 0 Å². The number of nitrogens with zero attached hydrogens (tertiary/aromatic N) is 1. The van der Waals surface area contributed by atoms with E-state index in [-0.39, 0.29) is 11.8 Å². The minimum atomic E-state index is -0.243. The van der Waals surface area contributed by atoms with Crippen molar-refractivity contribution >= 4 is 17.5 Å². The van der Waals surface area contributed by atoms with E-state index < -0.39 is 0 Å². The summed E-state index contributed by atoms with van der Waals surface area (Å²) in [7, 11) is 0. The number of hydrogen-bond acceptors (Lipinski definition) is 3. The Morgan fingerprint density at radius 1 is 1.21 bits per heavy atom. The first-order valence-corrected chi connectivity index (χ1v) is 6.58. The van der Waals surface area contributed by atoms with Crippen LogP contribution in [0.1, 0.15) is 40.0 Å². The molecule has 0 radical (unpaired) electrons. The number of carbonyl (C=O) groups is 2. The van der Waals surface area contributed by atoms with Crippen LogP contribution in [0.25, 0.3) is 0 Å². The largest absolute Gasteiger partial charge is 0.398 e. The van der Waals surface area contributed by atoms with Gasteiger partial charge in [0.05, 0.1) is 11.1 Å². The molecule has 0 aromatic heterocycles. The van der Waals surface area contributed by atoms with Crippen molar-refractivity contribution in [3.8, 4) is 0 Å². The van der Waals surface area contributed by atoms with Crippen LogP contribution in [0, 0.1) is 5.92 Å². The minimum absolute atomic E-state index is 0.207. The maximum absolute atomic E-state index is 12.3. The van der Waals surface area contributed by atoms with Gasteiger partial charge in [0.15, 0.2) is 0 Å². The molecule has 2 N–H and O–H groups in total. The zero-order valence-corrected chi connectivity index (χ0v) is 10.6. The van der Waals surface area contributed by atoms with E-state index in [1.54, 1.807) is 18.2 Å². The smallest absolute Gasteiger partial charge is 0.263 e. The molecule has 2 aliphatic rings. The third-order valence-electron chi connectivity index (χ3n) is 3.85. The molecule has 1 unspecified atom stereocenters. The van der Waals surface area contributed by atoms with Crippen molar-refractivity contribution in [3.05, 3.63) is 41.5 Å². The van der Waals surface area contributed by atoms with E-state index in [0.717, 1.165) is 19.3 Å². The van der Waals surface area contributed by atoms with Crippen LogP contribution in [0.15, 0.2) is 30.4 Å². The van der Waals surface area contributed by atoms with Gasteiger partial charge in [-0.15, -0.1) is 0 Å². The van der Waals surface area contributed by atoms with Crippen molar-refractivity contribution in [3.63, 3.8) is 0 Å². The maximum atomic E-state index is 12.3. The topological polar surface area (TPSA) is 63.4 Å². The lowest BCUT2D eigenvalue weighted by Gasteiger charge is -2.23. The molecule has 0 fully saturated rings. The van der Waals surface area contributed by atoms with Gasteiger partial charge in [0.25, 0.3) is 11.8 Å². The molecule has 1 heterocycles. The molecular weight excluding hydrogens is 240 g/mol. The first-order chi connectivity index (χ1) is 9.18. The standard InChI is InChI=1S/C15H16N2O2/c16-12-8-4-7-11-13(12)15(19)17(14(11)18)9-10-5-2-1-3-6-10/h1-2,4,7-8,10H,3,5-6,9,16H2. The molecule has 1 atom stereocenters. The van der Waals surface area contributed by atoms with Gasteiger partial charge in [-0.25, -0.2) is 0 Å². The molecule has 1 aromatic carbocycles. The number of nitrogen functional groups attached to an aromatic ring is 1. The van der Waals surface area contributed by atoms with E-state index in [0.29, 0.717) is 29.3 Å². The number of fused-ring (bicyclic) bond motifs is 1. The number of allylic oxidation sites excluding steroid dienone is 2. The Bertz CT molecular complexity index is 578. The van der Waals surface area contributed by atoms with Crippen molar-refractivity contribution in [2.24, 2.45) is 5.92 Å². The minimum Gasteiger partial charge on any atom is -0.398 e. The SMILES string of the molecule is Nc1cccc2c1C(=O)N(CC1CC=CCC1)C2=O. The van der Waals surface area contributed by atoms with Crippen LogP contribution < -0.4 is 5.73 Å². The highest BCUT2D eigenvalue weighted by atomic mass is 16.2. The number of amides is 2. The number of hydrogen-bond donors (Lipinski definition) is 1. The van der Waals surface area contributed by atoms with Crippen LogP contribution in [-0.4, -0.2) is 23.3 Å². The average Bonchev–Trinajstić information content (AvgIpc) is 2.66. The molecule has 0 spiro atoms. The predicted molar refractivity (Wildman–Crippen MR) is 72.7 cm³/mol. The van der Waals surface area contributed by atoms with E-state index in [2.05, 4.69) is 12.2 Å². The van der Waals surface area contributed by atoms with Crippen LogP contribution in [0.3, 0.4) is 0 Å². The maximum Gasteiger partial charge on any atom is 0.263 e. The zero-order chi connectivity index (χ0) is 13.4. The number of benzene rings is 1. The van der Waals surface area contributed by atoms with Crippen molar-refractivity contribution < 1.29 is 9.59 Å². The third kappa shape index (κ3) is 1.93. The Morgan fingerprint density at radius 3 is 2.74 bits per heavy atom. The van der Waals surface area contributed by atoms with Gasteiger partial charge in [-0.3, -0.25) is 14.5 Å². The molecule has 2 amide bonds. The van der Waals surface area contributed by atoms with Crippen molar-refractivity contribution in [2.45, 2.75) is 19.3 Å². The van der Waals surface area contributed by atoms with Gasteiger partial charge < -0.3 is 5.73 Å². The second-order valence-electron chi connectivity index (χ2n) is 5.14. The second-order valence-corrected chi connectivity index (χ2v) is 5.14. The fraction of sp³-hybridized carbons (Fsp3) is 0.333. The van der Waals surface area contributed by atoms with Crippen LogP contribution >= 0.6 is 0 Å². The van der Waals surface area contributed by atoms with Gasteiger partial charge in [0.2, 0.25) is 0 Å². The van der Waals surface area contributed by atoms with Crippen molar-refractivity contribution in [2.75, 3.05) is 12.3 Å². The van der Waals surface area contributed by atoms with E-state index in [4.69, 9.17) is 5.73 Å². The Morgan fingerprint density at radius 2 is 2.05 bits per heavy atom. The van der Waals surface area contributed by atoms with E-state index >= 15 is 0 Å². The van der Waals surface area contributed by atoms with Gasteiger partial charge in [0.1, 0.15) is 0 Å². The molecule has 3 rings (SSSR count). The molecular formula is C15H16N2O2. The number of anilines is 1. The summed E-state index contributed by atoms with van der Waals surface area (Å²) in [6, 6.07) is 5.05. The normalized spacial score (nSPS) is 21.9. The van der Waals surface area contributed by atoms with E-state index in [1.165, 1.54) is 4.90 Å². The highest BCUT2D eigenvalue weighted by Gasteiger charge is 2.37. The Kier molecular flexibility index (Phi) is 2.85. The molecule has 0 saturated heterocycles. The highest BCUT2D eigenvalue weighted by molar-refractivity contribution is 6.23. The lowest BCUT2D eigenvalue weighted by molar-refractivity contribution is 0.0626. The fourth-order valence-corrected chi connectivity index (χ4v) is 2.81. The monoisotopic (exact) mass is 256 g/mol. The van der Waals surface area contributed by atoms with E-state index in [9.17, 15) is 9.59 Å². The van der Waals surface area contributed by atoms with Crippen LogP contribution in [0.2, 0.25) is 0 Å². The second kappa shape index (κ2) is 4.53.